The van der Waals surface area contributed by atoms with Crippen LogP contribution in [0.2, 0.25) is 0 Å². The molecule has 0 amide bonds. The highest BCUT2D eigenvalue weighted by molar-refractivity contribution is 5.15. The third-order valence-electron chi connectivity index (χ3n) is 4.74. The van der Waals surface area contributed by atoms with Crippen molar-refractivity contribution in [3.63, 3.8) is 0 Å². The second-order valence-electron chi connectivity index (χ2n) is 6.52. The molecule has 1 aliphatic carbocycles. The van der Waals surface area contributed by atoms with Crippen LogP contribution in [0.25, 0.3) is 0 Å². The summed E-state index contributed by atoms with van der Waals surface area (Å²) in [5.41, 5.74) is 1.05. The predicted octanol–water partition coefficient (Wildman–Crippen LogP) is 1.75. The lowest BCUT2D eigenvalue weighted by molar-refractivity contribution is 0.170. The molecule has 0 radical (unpaired) electrons. The van der Waals surface area contributed by atoms with Crippen LogP contribution in [-0.4, -0.2) is 37.8 Å². The summed E-state index contributed by atoms with van der Waals surface area (Å²) < 4.78 is 16.0. The number of tetrazole rings is 1. The van der Waals surface area contributed by atoms with E-state index in [4.69, 9.17) is 0 Å². The molecule has 0 bridgehead atoms. The number of halogens is 1. The van der Waals surface area contributed by atoms with Gasteiger partial charge in [-0.15, -0.1) is 0 Å². The Morgan fingerprint density at radius 3 is 2.09 bits per heavy atom. The summed E-state index contributed by atoms with van der Waals surface area (Å²) in [4.78, 5) is 14.6. The molecule has 1 aromatic carbocycles. The third kappa shape index (κ3) is 3.06. The van der Waals surface area contributed by atoms with Crippen LogP contribution in [0.15, 0.2) is 29.1 Å². The van der Waals surface area contributed by atoms with Crippen LogP contribution in [0, 0.1) is 5.82 Å². The fourth-order valence-corrected chi connectivity index (χ4v) is 3.22. The molecule has 1 saturated carbocycles. The standard InChI is InChI=1S/C16H20FN5O/c17-13-3-1-12(2-4-13)11-20-9-7-15(8-10-20)22-16(23)21(18-19-22)14-5-6-14/h1-4,14-15H,5-11H2. The van der Waals surface area contributed by atoms with E-state index in [0.717, 1.165) is 50.9 Å². The predicted molar refractivity (Wildman–Crippen MR) is 82.5 cm³/mol. The number of benzene rings is 1. The van der Waals surface area contributed by atoms with Crippen LogP contribution in [0.4, 0.5) is 4.39 Å². The van der Waals surface area contributed by atoms with Gasteiger partial charge in [-0.2, -0.15) is 9.36 Å². The van der Waals surface area contributed by atoms with Crippen molar-refractivity contribution in [1.82, 2.24) is 24.7 Å². The lowest BCUT2D eigenvalue weighted by Gasteiger charge is -2.31. The summed E-state index contributed by atoms with van der Waals surface area (Å²) in [5, 5.41) is 8.09. The Morgan fingerprint density at radius 1 is 0.957 bits per heavy atom. The topological polar surface area (TPSA) is 56.0 Å². The summed E-state index contributed by atoms with van der Waals surface area (Å²) in [6.07, 6.45) is 3.86. The zero-order valence-electron chi connectivity index (χ0n) is 12.9. The number of hydrogen-bond acceptors (Lipinski definition) is 4. The number of nitrogens with zero attached hydrogens (tertiary/aromatic N) is 5. The molecule has 1 aliphatic heterocycles. The average Bonchev–Trinajstić information content (AvgIpc) is 3.33. The fourth-order valence-electron chi connectivity index (χ4n) is 3.22. The van der Waals surface area contributed by atoms with E-state index in [-0.39, 0.29) is 23.6 Å². The van der Waals surface area contributed by atoms with Crippen LogP contribution < -0.4 is 5.69 Å². The Balaban J connectivity index is 1.37. The van der Waals surface area contributed by atoms with Crippen molar-refractivity contribution in [2.45, 2.75) is 44.3 Å². The minimum absolute atomic E-state index is 0.0653. The van der Waals surface area contributed by atoms with E-state index in [2.05, 4.69) is 15.3 Å². The molecule has 4 rings (SSSR count). The average molecular weight is 317 g/mol. The van der Waals surface area contributed by atoms with Crippen LogP contribution in [0.1, 0.15) is 43.3 Å². The fraction of sp³-hybridized carbons (Fsp3) is 0.562. The first kappa shape index (κ1) is 14.6. The van der Waals surface area contributed by atoms with Gasteiger partial charge in [0, 0.05) is 19.6 Å². The monoisotopic (exact) mass is 317 g/mol. The minimum atomic E-state index is -0.203. The summed E-state index contributed by atoms with van der Waals surface area (Å²) >= 11 is 0. The molecule has 0 atom stereocenters. The van der Waals surface area contributed by atoms with Crippen molar-refractivity contribution >= 4 is 0 Å². The van der Waals surface area contributed by atoms with E-state index in [9.17, 15) is 9.18 Å². The largest absolute Gasteiger partial charge is 0.364 e. The Hall–Kier alpha value is -2.02. The van der Waals surface area contributed by atoms with Crippen LogP contribution in [0.3, 0.4) is 0 Å². The summed E-state index contributed by atoms with van der Waals surface area (Å²) in [7, 11) is 0. The molecule has 1 aromatic heterocycles. The molecule has 122 valence electrons. The van der Waals surface area contributed by atoms with Crippen molar-refractivity contribution in [3.05, 3.63) is 46.1 Å². The summed E-state index contributed by atoms with van der Waals surface area (Å²) in [5.74, 6) is -0.203. The van der Waals surface area contributed by atoms with E-state index in [1.165, 1.54) is 16.8 Å². The number of hydrogen-bond donors (Lipinski definition) is 0. The Morgan fingerprint density at radius 2 is 1.52 bits per heavy atom. The molecule has 7 heteroatoms. The number of likely N-dealkylation sites (tertiary alicyclic amines) is 1. The highest BCUT2D eigenvalue weighted by atomic mass is 19.1. The van der Waals surface area contributed by atoms with Gasteiger partial charge in [-0.1, -0.05) is 12.1 Å². The van der Waals surface area contributed by atoms with Gasteiger partial charge in [-0.25, -0.2) is 9.18 Å². The van der Waals surface area contributed by atoms with E-state index in [1.807, 2.05) is 12.1 Å². The van der Waals surface area contributed by atoms with Crippen molar-refractivity contribution in [3.8, 4) is 0 Å². The summed E-state index contributed by atoms with van der Waals surface area (Å²) in [6, 6.07) is 7.06. The van der Waals surface area contributed by atoms with Gasteiger partial charge in [0.05, 0.1) is 12.1 Å². The molecular weight excluding hydrogens is 297 g/mol. The van der Waals surface area contributed by atoms with E-state index in [1.54, 1.807) is 4.68 Å². The van der Waals surface area contributed by atoms with Crippen molar-refractivity contribution < 1.29 is 4.39 Å². The van der Waals surface area contributed by atoms with Gasteiger partial charge >= 0.3 is 5.69 Å². The summed E-state index contributed by atoms with van der Waals surface area (Å²) in [6.45, 7) is 2.63. The van der Waals surface area contributed by atoms with Gasteiger partial charge in [0.2, 0.25) is 0 Å². The quantitative estimate of drug-likeness (QED) is 0.862. The Kier molecular flexibility index (Phi) is 3.72. The molecule has 2 aliphatic rings. The molecular formula is C16H20FN5O. The highest BCUT2D eigenvalue weighted by Gasteiger charge is 2.30. The van der Waals surface area contributed by atoms with E-state index < -0.39 is 0 Å². The third-order valence-corrected chi connectivity index (χ3v) is 4.74. The van der Waals surface area contributed by atoms with Gasteiger partial charge in [0.15, 0.2) is 0 Å². The van der Waals surface area contributed by atoms with Crippen molar-refractivity contribution in [2.24, 2.45) is 0 Å². The number of aromatic nitrogens is 4. The molecule has 6 nitrogen and oxygen atoms in total. The maximum Gasteiger partial charge on any atom is 0.364 e. The van der Waals surface area contributed by atoms with Gasteiger partial charge in [-0.05, 0) is 53.8 Å². The van der Waals surface area contributed by atoms with E-state index in [0.29, 0.717) is 0 Å². The maximum absolute atomic E-state index is 12.9. The molecule has 0 unspecified atom stereocenters. The lowest BCUT2D eigenvalue weighted by atomic mass is 10.0. The molecule has 2 fully saturated rings. The molecule has 2 heterocycles. The first-order chi connectivity index (χ1) is 11.2. The smallest absolute Gasteiger partial charge is 0.299 e. The van der Waals surface area contributed by atoms with Gasteiger partial charge < -0.3 is 0 Å². The number of rotatable bonds is 4. The van der Waals surface area contributed by atoms with Crippen molar-refractivity contribution in [2.75, 3.05) is 13.1 Å². The van der Waals surface area contributed by atoms with Gasteiger partial charge in [0.25, 0.3) is 0 Å². The molecule has 23 heavy (non-hydrogen) atoms. The van der Waals surface area contributed by atoms with Gasteiger partial charge in [-0.3, -0.25) is 4.90 Å². The molecule has 2 aromatic rings. The number of piperidine rings is 1. The van der Waals surface area contributed by atoms with Crippen LogP contribution in [-0.2, 0) is 6.54 Å². The Bertz CT molecular complexity index is 726. The van der Waals surface area contributed by atoms with E-state index >= 15 is 0 Å². The first-order valence-corrected chi connectivity index (χ1v) is 8.21. The molecule has 0 spiro atoms. The zero-order chi connectivity index (χ0) is 15.8. The zero-order valence-corrected chi connectivity index (χ0v) is 12.9. The molecule has 0 N–H and O–H groups in total. The highest BCUT2D eigenvalue weighted by Crippen LogP contribution is 2.32. The normalized spacial score (nSPS) is 20.0. The molecule has 1 saturated heterocycles. The minimum Gasteiger partial charge on any atom is -0.299 e. The van der Waals surface area contributed by atoms with Crippen molar-refractivity contribution in [1.29, 1.82) is 0 Å². The second-order valence-corrected chi connectivity index (χ2v) is 6.52. The lowest BCUT2D eigenvalue weighted by Crippen LogP contribution is -2.38. The van der Waals surface area contributed by atoms with Crippen LogP contribution in [0.5, 0.6) is 0 Å². The maximum atomic E-state index is 12.9. The SMILES string of the molecule is O=c1n(C2CC2)nnn1C1CCN(Cc2ccc(F)cc2)CC1. The first-order valence-electron chi connectivity index (χ1n) is 8.21. The van der Waals surface area contributed by atoms with Crippen LogP contribution >= 0.6 is 0 Å². The second kappa shape index (κ2) is 5.88. The van der Waals surface area contributed by atoms with Gasteiger partial charge in [0.1, 0.15) is 5.82 Å². The Labute approximate surface area is 133 Å².